The van der Waals surface area contributed by atoms with E-state index in [0.29, 0.717) is 41.2 Å². The Balaban J connectivity index is 1.62. The van der Waals surface area contributed by atoms with E-state index >= 15 is 0 Å². The van der Waals surface area contributed by atoms with Gasteiger partial charge in [-0.3, -0.25) is 14.5 Å². The number of fused-ring (bicyclic) bond motifs is 1. The molecular formula is C29H36ClN7O3. The van der Waals surface area contributed by atoms with Crippen molar-refractivity contribution in [3.8, 4) is 22.8 Å². The van der Waals surface area contributed by atoms with Crippen molar-refractivity contribution in [3.63, 3.8) is 0 Å². The zero-order valence-corrected chi connectivity index (χ0v) is 24.1. The Morgan fingerprint density at radius 3 is 2.58 bits per heavy atom. The molecule has 5 heterocycles. The minimum Gasteiger partial charge on any atom is -0.391 e. The molecule has 0 radical (unpaired) electrons. The summed E-state index contributed by atoms with van der Waals surface area (Å²) in [4.78, 5) is 31.2. The minimum absolute atomic E-state index is 0.142. The Morgan fingerprint density at radius 1 is 1.12 bits per heavy atom. The quantitative estimate of drug-likeness (QED) is 0.315. The van der Waals surface area contributed by atoms with E-state index in [1.54, 1.807) is 12.4 Å². The number of nitrogens with zero attached hydrogens (tertiary/aromatic N) is 6. The second-order valence-corrected chi connectivity index (χ2v) is 12.4. The van der Waals surface area contributed by atoms with Gasteiger partial charge in [-0.15, -0.1) is 0 Å². The molecule has 11 heteroatoms. The molecule has 0 bridgehead atoms. The molecule has 1 aliphatic heterocycles. The second kappa shape index (κ2) is 10.6. The van der Waals surface area contributed by atoms with Crippen LogP contribution >= 0.6 is 11.6 Å². The van der Waals surface area contributed by atoms with Gasteiger partial charge < -0.3 is 14.6 Å². The summed E-state index contributed by atoms with van der Waals surface area (Å²) >= 11 is 6.40. The third-order valence-electron chi connectivity index (χ3n) is 8.81. The fraction of sp³-hybridized carbons (Fsp3) is 0.552. The van der Waals surface area contributed by atoms with Crippen LogP contribution in [0, 0.1) is 17.8 Å². The van der Waals surface area contributed by atoms with Gasteiger partial charge in [0.1, 0.15) is 5.69 Å². The molecule has 2 unspecified atom stereocenters. The maximum absolute atomic E-state index is 11.8. The number of aliphatic hydroxyl groups is 1. The van der Waals surface area contributed by atoms with Gasteiger partial charge in [-0.05, 0) is 56.1 Å². The number of β-amino-alcohol motifs (C(OH)–C–C–N with tert-alkyl or cyclic N) is 1. The predicted molar refractivity (Wildman–Crippen MR) is 154 cm³/mol. The van der Waals surface area contributed by atoms with Crippen LogP contribution in [0.2, 0.25) is 5.02 Å². The highest BCUT2D eigenvalue weighted by molar-refractivity contribution is 6.30. The van der Waals surface area contributed by atoms with Crippen molar-refractivity contribution >= 4 is 28.6 Å². The molecule has 40 heavy (non-hydrogen) atoms. The van der Waals surface area contributed by atoms with Crippen molar-refractivity contribution in [2.45, 2.75) is 78.0 Å². The van der Waals surface area contributed by atoms with Crippen LogP contribution in [-0.4, -0.2) is 53.5 Å². The lowest BCUT2D eigenvalue weighted by Crippen LogP contribution is -2.36. The van der Waals surface area contributed by atoms with Gasteiger partial charge >= 0.3 is 5.76 Å². The summed E-state index contributed by atoms with van der Waals surface area (Å²) < 4.78 is 7.12. The van der Waals surface area contributed by atoms with E-state index in [1.165, 1.54) is 12.8 Å². The average molecular weight is 566 g/mol. The first-order valence-electron chi connectivity index (χ1n) is 14.2. The fourth-order valence-electron chi connectivity index (χ4n) is 6.59. The molecule has 3 atom stereocenters. The molecule has 1 aliphatic carbocycles. The van der Waals surface area contributed by atoms with Crippen LogP contribution in [0.25, 0.3) is 33.8 Å². The molecule has 2 N–H and O–H groups in total. The molecule has 2 fully saturated rings. The van der Waals surface area contributed by atoms with Crippen LogP contribution in [-0.2, 0) is 0 Å². The van der Waals surface area contributed by atoms with Crippen LogP contribution in [0.1, 0.15) is 65.8 Å². The van der Waals surface area contributed by atoms with Crippen LogP contribution < -0.4 is 10.7 Å². The summed E-state index contributed by atoms with van der Waals surface area (Å²) in [6.07, 6.45) is 8.33. The molecule has 0 spiro atoms. The second-order valence-electron chi connectivity index (χ2n) is 12.0. The Morgan fingerprint density at radius 2 is 1.90 bits per heavy atom. The van der Waals surface area contributed by atoms with Gasteiger partial charge in [-0.25, -0.2) is 14.8 Å². The van der Waals surface area contributed by atoms with Crippen molar-refractivity contribution < 1.29 is 9.63 Å². The molecule has 1 saturated carbocycles. The lowest BCUT2D eigenvalue weighted by Gasteiger charge is -2.35. The van der Waals surface area contributed by atoms with Crippen molar-refractivity contribution in [2.75, 3.05) is 11.4 Å². The van der Waals surface area contributed by atoms with Gasteiger partial charge in [0.2, 0.25) is 11.8 Å². The number of hydrogen-bond donors (Lipinski definition) is 2. The zero-order chi connectivity index (χ0) is 28.1. The third-order valence-corrected chi connectivity index (χ3v) is 9.02. The minimum atomic E-state index is -0.653. The summed E-state index contributed by atoms with van der Waals surface area (Å²) in [7, 11) is 0. The number of nitrogens with one attached hydrogen (secondary N) is 1. The van der Waals surface area contributed by atoms with Gasteiger partial charge in [-0.2, -0.15) is 0 Å². The first kappa shape index (κ1) is 27.0. The summed E-state index contributed by atoms with van der Waals surface area (Å²) in [6.45, 7) is 9.52. The topological polar surface area (TPSA) is 126 Å². The van der Waals surface area contributed by atoms with Gasteiger partial charge in [-0.1, -0.05) is 50.4 Å². The van der Waals surface area contributed by atoms with Gasteiger partial charge in [0, 0.05) is 36.6 Å². The van der Waals surface area contributed by atoms with E-state index in [0.717, 1.165) is 41.3 Å². The molecule has 1 saturated heterocycles. The van der Waals surface area contributed by atoms with Gasteiger partial charge in [0.15, 0.2) is 0 Å². The van der Waals surface area contributed by atoms with E-state index in [9.17, 15) is 9.90 Å². The number of aromatic nitrogens is 6. The maximum atomic E-state index is 11.8. The van der Waals surface area contributed by atoms with Crippen molar-refractivity contribution in [3.05, 3.63) is 40.1 Å². The summed E-state index contributed by atoms with van der Waals surface area (Å²) in [5.74, 6) is 1.96. The number of halogens is 1. The smallest absolute Gasteiger partial charge is 0.391 e. The normalized spacial score (nSPS) is 24.3. The number of H-pyrrole nitrogens is 1. The number of pyridine rings is 2. The molecule has 0 aromatic carbocycles. The average Bonchev–Trinajstić information content (AvgIpc) is 3.64. The standard InChI is InChI=1S/C29H36ClN7O3/c1-15(2)24-10-21(38)14-36(24)28-33-22-11-23(27-34-29(39)40-35-27)32-25(19-9-20(30)13-31-12-19)26(22)37(28)17(4)18-7-5-16(3)6-8-18/h9,11-13,15-18,21,24,38H,5-8,10,14H2,1-4H3,(H,34,35,39)/t16?,17?,18?,21-,24?/m1/s1. The summed E-state index contributed by atoms with van der Waals surface area (Å²) in [6, 6.07) is 3.98. The van der Waals surface area contributed by atoms with Crippen LogP contribution in [0.4, 0.5) is 5.95 Å². The van der Waals surface area contributed by atoms with E-state index in [-0.39, 0.29) is 17.9 Å². The highest BCUT2D eigenvalue weighted by Gasteiger charge is 2.38. The highest BCUT2D eigenvalue weighted by atomic mass is 35.5. The molecule has 10 nitrogen and oxygen atoms in total. The third kappa shape index (κ3) is 4.92. The number of aliphatic hydroxyl groups excluding tert-OH is 1. The number of aromatic amines is 1. The largest absolute Gasteiger partial charge is 0.439 e. The fourth-order valence-corrected chi connectivity index (χ4v) is 6.76. The molecule has 0 amide bonds. The Bertz CT molecular complexity index is 1570. The maximum Gasteiger partial charge on any atom is 0.439 e. The molecule has 2 aliphatic rings. The molecular weight excluding hydrogens is 530 g/mol. The van der Waals surface area contributed by atoms with Crippen LogP contribution in [0.5, 0.6) is 0 Å². The summed E-state index contributed by atoms with van der Waals surface area (Å²) in [5, 5.41) is 15.1. The van der Waals surface area contributed by atoms with E-state index < -0.39 is 11.9 Å². The zero-order valence-electron chi connectivity index (χ0n) is 23.3. The molecule has 4 aromatic heterocycles. The Labute approximate surface area is 237 Å². The first-order valence-corrected chi connectivity index (χ1v) is 14.6. The van der Waals surface area contributed by atoms with E-state index in [4.69, 9.17) is 26.1 Å². The van der Waals surface area contributed by atoms with Crippen molar-refractivity contribution in [1.29, 1.82) is 0 Å². The number of hydrogen-bond acceptors (Lipinski definition) is 8. The van der Waals surface area contributed by atoms with Gasteiger partial charge in [0.25, 0.3) is 0 Å². The molecule has 4 aromatic rings. The number of anilines is 1. The SMILES string of the molecule is CC1CCC(C(C)n2c(N3C[C@H](O)CC3C(C)C)nc3cc(-c4noc(=O)[nH]4)nc(-c4cncc(Cl)c4)c32)CC1. The van der Waals surface area contributed by atoms with Crippen LogP contribution in [0.15, 0.2) is 33.8 Å². The first-order chi connectivity index (χ1) is 19.2. The molecule has 6 rings (SSSR count). The van der Waals surface area contributed by atoms with Crippen molar-refractivity contribution in [2.24, 2.45) is 17.8 Å². The molecule has 212 valence electrons. The lowest BCUT2D eigenvalue weighted by molar-refractivity contribution is 0.191. The number of rotatable bonds is 6. The predicted octanol–water partition coefficient (Wildman–Crippen LogP) is 5.47. The summed E-state index contributed by atoms with van der Waals surface area (Å²) in [5.41, 5.74) is 3.43. The monoisotopic (exact) mass is 565 g/mol. The van der Waals surface area contributed by atoms with Crippen molar-refractivity contribution in [1.82, 2.24) is 29.7 Å². The van der Waals surface area contributed by atoms with Crippen LogP contribution in [0.3, 0.4) is 0 Å². The van der Waals surface area contributed by atoms with E-state index in [2.05, 4.69) is 52.3 Å². The highest BCUT2D eigenvalue weighted by Crippen LogP contribution is 2.43. The Kier molecular flexibility index (Phi) is 7.16. The van der Waals surface area contributed by atoms with E-state index in [1.807, 2.05) is 12.1 Å². The van der Waals surface area contributed by atoms with Gasteiger partial charge in [0.05, 0.1) is 27.9 Å². The number of imidazole rings is 1. The Hall–Kier alpha value is -3.24. The lowest BCUT2D eigenvalue weighted by atomic mass is 9.79.